The van der Waals surface area contributed by atoms with Gasteiger partial charge in [0, 0.05) is 43.5 Å². The lowest BCUT2D eigenvalue weighted by Crippen LogP contribution is -2.41. The maximum atomic E-state index is 12.8. The van der Waals surface area contributed by atoms with E-state index in [9.17, 15) is 13.2 Å². The van der Waals surface area contributed by atoms with E-state index < -0.39 is 10.0 Å². The van der Waals surface area contributed by atoms with Gasteiger partial charge in [-0.1, -0.05) is 24.3 Å². The average Bonchev–Trinajstić information content (AvgIpc) is 3.17. The van der Waals surface area contributed by atoms with Gasteiger partial charge in [-0.05, 0) is 56.0 Å². The van der Waals surface area contributed by atoms with E-state index >= 15 is 0 Å². The average molecular weight is 414 g/mol. The smallest absolute Gasteiger partial charge is 0.243 e. The molecule has 0 unspecified atom stereocenters. The number of anilines is 2. The highest BCUT2D eigenvalue weighted by Crippen LogP contribution is 2.31. The predicted molar refractivity (Wildman–Crippen MR) is 115 cm³/mol. The van der Waals surface area contributed by atoms with Crippen LogP contribution in [0, 0.1) is 5.92 Å². The van der Waals surface area contributed by atoms with Crippen molar-refractivity contribution in [2.24, 2.45) is 5.92 Å². The fourth-order valence-corrected chi connectivity index (χ4v) is 5.69. The monoisotopic (exact) mass is 413 g/mol. The zero-order valence-corrected chi connectivity index (χ0v) is 17.5. The van der Waals surface area contributed by atoms with Crippen LogP contribution in [0.1, 0.15) is 25.3 Å². The number of rotatable bonds is 5. The van der Waals surface area contributed by atoms with E-state index in [4.69, 9.17) is 0 Å². The third kappa shape index (κ3) is 4.02. The highest BCUT2D eigenvalue weighted by Gasteiger charge is 2.32. The zero-order chi connectivity index (χ0) is 20.4. The Hall–Kier alpha value is -2.38. The highest BCUT2D eigenvalue weighted by molar-refractivity contribution is 7.89. The Bertz CT molecular complexity index is 984. The Kier molecular flexibility index (Phi) is 5.61. The number of hydrogen-bond acceptors (Lipinski definition) is 4. The van der Waals surface area contributed by atoms with Crippen LogP contribution in [0.4, 0.5) is 11.4 Å². The third-order valence-electron chi connectivity index (χ3n) is 5.93. The molecule has 0 radical (unpaired) electrons. The summed E-state index contributed by atoms with van der Waals surface area (Å²) in [6, 6.07) is 14.6. The van der Waals surface area contributed by atoms with Gasteiger partial charge in [-0.15, -0.1) is 0 Å². The van der Waals surface area contributed by atoms with E-state index in [1.54, 1.807) is 30.3 Å². The van der Waals surface area contributed by atoms with Gasteiger partial charge < -0.3 is 10.2 Å². The second-order valence-electron chi connectivity index (χ2n) is 7.65. The summed E-state index contributed by atoms with van der Waals surface area (Å²) < 4.78 is 27.0. The number of likely N-dealkylation sites (N-methyl/N-ethyl adjacent to an activating group) is 1. The lowest BCUT2D eigenvalue weighted by molar-refractivity contribution is -0.120. The second kappa shape index (κ2) is 8.16. The van der Waals surface area contributed by atoms with E-state index in [1.807, 2.05) is 6.07 Å². The van der Waals surface area contributed by atoms with E-state index in [2.05, 4.69) is 29.3 Å². The van der Waals surface area contributed by atoms with Crippen LogP contribution >= 0.6 is 0 Å². The maximum Gasteiger partial charge on any atom is 0.243 e. The van der Waals surface area contributed by atoms with Crippen molar-refractivity contribution in [1.82, 2.24) is 4.31 Å². The SMILES string of the molecule is CCN1CCc2ccc(NC(=O)C3CCN(S(=O)(=O)c4ccccc4)CC3)cc21. The molecule has 0 spiro atoms. The van der Waals surface area contributed by atoms with Crippen molar-refractivity contribution in [3.05, 3.63) is 54.1 Å². The van der Waals surface area contributed by atoms with Gasteiger partial charge in [0.25, 0.3) is 0 Å². The number of benzene rings is 2. The minimum absolute atomic E-state index is 0.0252. The molecule has 1 amide bonds. The van der Waals surface area contributed by atoms with Crippen molar-refractivity contribution in [2.45, 2.75) is 31.1 Å². The van der Waals surface area contributed by atoms with Crippen LogP contribution in [0.3, 0.4) is 0 Å². The fraction of sp³-hybridized carbons (Fsp3) is 0.409. The molecule has 0 bridgehead atoms. The minimum Gasteiger partial charge on any atom is -0.371 e. The summed E-state index contributed by atoms with van der Waals surface area (Å²) in [6.45, 7) is 4.85. The second-order valence-corrected chi connectivity index (χ2v) is 9.59. The molecule has 4 rings (SSSR count). The molecule has 0 aliphatic carbocycles. The lowest BCUT2D eigenvalue weighted by atomic mass is 9.97. The first kappa shape index (κ1) is 19.9. The Labute approximate surface area is 172 Å². The van der Waals surface area contributed by atoms with Gasteiger partial charge >= 0.3 is 0 Å². The van der Waals surface area contributed by atoms with Gasteiger partial charge in [0.1, 0.15) is 0 Å². The number of piperidine rings is 1. The molecule has 2 aliphatic rings. The fourth-order valence-electron chi connectivity index (χ4n) is 4.20. The molecule has 1 saturated heterocycles. The van der Waals surface area contributed by atoms with Crippen LogP contribution in [-0.4, -0.2) is 44.8 Å². The molecule has 1 fully saturated rings. The van der Waals surface area contributed by atoms with Gasteiger partial charge in [-0.2, -0.15) is 4.31 Å². The number of nitrogens with one attached hydrogen (secondary N) is 1. The maximum absolute atomic E-state index is 12.8. The molecule has 7 heteroatoms. The molecule has 2 aliphatic heterocycles. The summed E-state index contributed by atoms with van der Waals surface area (Å²) in [5, 5.41) is 3.04. The molecular formula is C22H27N3O3S. The highest BCUT2D eigenvalue weighted by atomic mass is 32.2. The Morgan fingerprint density at radius 2 is 1.79 bits per heavy atom. The number of amides is 1. The number of sulfonamides is 1. The first-order valence-corrected chi connectivity index (χ1v) is 11.7. The molecule has 0 atom stereocenters. The molecule has 0 aromatic heterocycles. The molecule has 2 heterocycles. The van der Waals surface area contributed by atoms with E-state index in [0.29, 0.717) is 30.8 Å². The summed E-state index contributed by atoms with van der Waals surface area (Å²) in [5.41, 5.74) is 3.34. The third-order valence-corrected chi connectivity index (χ3v) is 7.84. The van der Waals surface area contributed by atoms with Crippen molar-refractivity contribution in [2.75, 3.05) is 36.4 Å². The summed E-state index contributed by atoms with van der Waals surface area (Å²) in [5.74, 6) is -0.199. The van der Waals surface area contributed by atoms with Gasteiger partial charge in [0.05, 0.1) is 4.90 Å². The van der Waals surface area contributed by atoms with Crippen molar-refractivity contribution < 1.29 is 13.2 Å². The largest absolute Gasteiger partial charge is 0.371 e. The van der Waals surface area contributed by atoms with E-state index in [0.717, 1.165) is 25.2 Å². The Morgan fingerprint density at radius 3 is 2.48 bits per heavy atom. The Morgan fingerprint density at radius 1 is 1.07 bits per heavy atom. The molecule has 1 N–H and O–H groups in total. The lowest BCUT2D eigenvalue weighted by Gasteiger charge is -2.30. The molecule has 29 heavy (non-hydrogen) atoms. The number of carbonyl (C=O) groups excluding carboxylic acids is 1. The molecule has 2 aromatic rings. The minimum atomic E-state index is -3.49. The number of fused-ring (bicyclic) bond motifs is 1. The van der Waals surface area contributed by atoms with Crippen LogP contribution < -0.4 is 10.2 Å². The van der Waals surface area contributed by atoms with Crippen LogP contribution in [0.2, 0.25) is 0 Å². The van der Waals surface area contributed by atoms with Crippen LogP contribution in [0.25, 0.3) is 0 Å². The summed E-state index contributed by atoms with van der Waals surface area (Å²) in [4.78, 5) is 15.4. The van der Waals surface area contributed by atoms with Gasteiger partial charge in [0.2, 0.25) is 15.9 Å². The number of hydrogen-bond donors (Lipinski definition) is 1. The van der Waals surface area contributed by atoms with Crippen LogP contribution in [0.15, 0.2) is 53.4 Å². The molecule has 0 saturated carbocycles. The first-order valence-electron chi connectivity index (χ1n) is 10.2. The standard InChI is InChI=1S/C22H27N3O3S/c1-2-24-13-10-17-8-9-19(16-21(17)24)23-22(26)18-11-14-25(15-12-18)29(27,28)20-6-4-3-5-7-20/h3-9,16,18H,2,10-15H2,1H3,(H,23,26). The van der Waals surface area contributed by atoms with Crippen molar-refractivity contribution >= 4 is 27.3 Å². The first-order chi connectivity index (χ1) is 14.0. The van der Waals surface area contributed by atoms with Crippen molar-refractivity contribution in [3.8, 4) is 0 Å². The van der Waals surface area contributed by atoms with Crippen molar-refractivity contribution in [1.29, 1.82) is 0 Å². The number of nitrogens with zero attached hydrogens (tertiary/aromatic N) is 2. The van der Waals surface area contributed by atoms with Crippen LogP contribution in [0.5, 0.6) is 0 Å². The summed E-state index contributed by atoms with van der Waals surface area (Å²) >= 11 is 0. The molecule has 154 valence electrons. The Balaban J connectivity index is 1.38. The van der Waals surface area contributed by atoms with Crippen LogP contribution in [-0.2, 0) is 21.2 Å². The van der Waals surface area contributed by atoms with Crippen molar-refractivity contribution in [3.63, 3.8) is 0 Å². The predicted octanol–water partition coefficient (Wildman–Crippen LogP) is 3.11. The van der Waals surface area contributed by atoms with E-state index in [1.165, 1.54) is 15.6 Å². The van der Waals surface area contributed by atoms with Gasteiger partial charge in [0.15, 0.2) is 0 Å². The summed E-state index contributed by atoms with van der Waals surface area (Å²) in [7, 11) is -3.49. The molecular weight excluding hydrogens is 386 g/mol. The zero-order valence-electron chi connectivity index (χ0n) is 16.7. The topological polar surface area (TPSA) is 69.7 Å². The van der Waals surface area contributed by atoms with Gasteiger partial charge in [-0.3, -0.25) is 4.79 Å². The quantitative estimate of drug-likeness (QED) is 0.818. The molecule has 6 nitrogen and oxygen atoms in total. The summed E-state index contributed by atoms with van der Waals surface area (Å²) in [6.07, 6.45) is 2.11. The normalized spacial score (nSPS) is 17.9. The molecule has 2 aromatic carbocycles. The van der Waals surface area contributed by atoms with Gasteiger partial charge in [-0.25, -0.2) is 8.42 Å². The van der Waals surface area contributed by atoms with E-state index in [-0.39, 0.29) is 11.8 Å². The number of carbonyl (C=O) groups is 1.